The average Bonchev–Trinajstić information content (AvgIpc) is 3.24. The lowest BCUT2D eigenvalue weighted by molar-refractivity contribution is 0.0657. The summed E-state index contributed by atoms with van der Waals surface area (Å²) in [6.07, 6.45) is 3.24. The third-order valence-corrected chi connectivity index (χ3v) is 4.38. The molecule has 2 aromatic rings. The number of halogens is 1. The minimum absolute atomic E-state index is 0. The van der Waals surface area contributed by atoms with Gasteiger partial charge in [-0.1, -0.05) is 6.07 Å². The second-order valence-electron chi connectivity index (χ2n) is 6.06. The summed E-state index contributed by atoms with van der Waals surface area (Å²) < 4.78 is 10.8. The highest BCUT2D eigenvalue weighted by Gasteiger charge is 2.25. The van der Waals surface area contributed by atoms with Crippen molar-refractivity contribution in [2.75, 3.05) is 39.8 Å². The van der Waals surface area contributed by atoms with E-state index in [1.807, 2.05) is 19.1 Å². The van der Waals surface area contributed by atoms with Crippen LogP contribution in [0.15, 0.2) is 46.1 Å². The van der Waals surface area contributed by atoms with Gasteiger partial charge in [0.15, 0.2) is 11.7 Å². The Balaban J connectivity index is 0.00000280. The van der Waals surface area contributed by atoms with E-state index in [-0.39, 0.29) is 29.9 Å². The van der Waals surface area contributed by atoms with E-state index < -0.39 is 0 Å². The lowest BCUT2D eigenvalue weighted by atomic mass is 10.2. The maximum absolute atomic E-state index is 12.4. The SMILES string of the molecule is CCOc1ncccc1CNC(=NC)N1CCN(C(=O)c2ccco2)CC1.I. The number of nitrogens with zero attached hydrogens (tertiary/aromatic N) is 4. The van der Waals surface area contributed by atoms with E-state index in [1.54, 1.807) is 30.3 Å². The van der Waals surface area contributed by atoms with Gasteiger partial charge in [-0.15, -0.1) is 24.0 Å². The molecular weight excluding hydrogens is 473 g/mol. The molecule has 0 unspecified atom stereocenters. The van der Waals surface area contributed by atoms with Crippen molar-refractivity contribution in [1.29, 1.82) is 0 Å². The Morgan fingerprint density at radius 3 is 2.64 bits per heavy atom. The van der Waals surface area contributed by atoms with Gasteiger partial charge in [-0.05, 0) is 25.1 Å². The van der Waals surface area contributed by atoms with Crippen LogP contribution in [-0.4, -0.2) is 66.5 Å². The zero-order valence-corrected chi connectivity index (χ0v) is 18.5. The van der Waals surface area contributed by atoms with Crippen molar-refractivity contribution in [1.82, 2.24) is 20.1 Å². The van der Waals surface area contributed by atoms with Crippen LogP contribution in [0.4, 0.5) is 0 Å². The normalized spacial score (nSPS) is 14.4. The number of piperazine rings is 1. The maximum atomic E-state index is 12.4. The Morgan fingerprint density at radius 2 is 2.00 bits per heavy atom. The molecule has 3 rings (SSSR count). The Bertz CT molecular complexity index is 774. The fourth-order valence-corrected chi connectivity index (χ4v) is 3.01. The summed E-state index contributed by atoms with van der Waals surface area (Å²) in [5, 5.41) is 3.36. The summed E-state index contributed by atoms with van der Waals surface area (Å²) >= 11 is 0. The highest BCUT2D eigenvalue weighted by Crippen LogP contribution is 2.14. The number of carbonyl (C=O) groups is 1. The molecule has 0 aromatic carbocycles. The summed E-state index contributed by atoms with van der Waals surface area (Å²) in [4.78, 5) is 24.9. The van der Waals surface area contributed by atoms with E-state index in [1.165, 1.54) is 6.26 Å². The molecule has 0 radical (unpaired) electrons. The second kappa shape index (κ2) is 10.9. The molecule has 0 atom stereocenters. The van der Waals surface area contributed by atoms with Gasteiger partial charge in [-0.25, -0.2) is 4.98 Å². The summed E-state index contributed by atoms with van der Waals surface area (Å²) in [6, 6.07) is 7.29. The van der Waals surface area contributed by atoms with Crippen LogP contribution in [-0.2, 0) is 6.54 Å². The van der Waals surface area contributed by atoms with Gasteiger partial charge in [0.1, 0.15) is 0 Å². The fourth-order valence-electron chi connectivity index (χ4n) is 3.01. The van der Waals surface area contributed by atoms with Crippen molar-refractivity contribution in [2.24, 2.45) is 4.99 Å². The largest absolute Gasteiger partial charge is 0.478 e. The predicted octanol–water partition coefficient (Wildman–Crippen LogP) is 2.22. The van der Waals surface area contributed by atoms with Crippen LogP contribution < -0.4 is 10.1 Å². The van der Waals surface area contributed by atoms with Crippen molar-refractivity contribution >= 4 is 35.8 Å². The summed E-state index contributed by atoms with van der Waals surface area (Å²) in [7, 11) is 1.76. The number of aliphatic imine (C=N–C) groups is 1. The predicted molar refractivity (Wildman–Crippen MR) is 117 cm³/mol. The van der Waals surface area contributed by atoms with E-state index in [2.05, 4.69) is 20.2 Å². The maximum Gasteiger partial charge on any atom is 0.289 e. The molecule has 0 saturated carbocycles. The fraction of sp³-hybridized carbons (Fsp3) is 0.421. The number of hydrogen-bond donors (Lipinski definition) is 1. The Hall–Kier alpha value is -2.30. The molecular formula is C19H26IN5O3. The molecule has 28 heavy (non-hydrogen) atoms. The molecule has 152 valence electrons. The zero-order chi connectivity index (χ0) is 19.1. The molecule has 0 bridgehead atoms. The number of nitrogens with one attached hydrogen (secondary N) is 1. The first-order chi connectivity index (χ1) is 13.2. The van der Waals surface area contributed by atoms with Crippen LogP contribution >= 0.6 is 24.0 Å². The van der Waals surface area contributed by atoms with Crippen molar-refractivity contribution < 1.29 is 13.9 Å². The van der Waals surface area contributed by atoms with E-state index >= 15 is 0 Å². The van der Waals surface area contributed by atoms with E-state index in [0.717, 1.165) is 11.5 Å². The molecule has 3 heterocycles. The Kier molecular flexibility index (Phi) is 8.55. The van der Waals surface area contributed by atoms with E-state index in [0.29, 0.717) is 51.0 Å². The van der Waals surface area contributed by atoms with Crippen LogP contribution in [0.1, 0.15) is 23.0 Å². The topological polar surface area (TPSA) is 83.2 Å². The standard InChI is InChI=1S/C19H25N5O3.HI/c1-3-26-17-15(6-4-8-21-17)14-22-19(20-2)24-11-9-23(10-12-24)18(25)16-7-5-13-27-16;/h4-8,13H,3,9-12,14H2,1-2H3,(H,20,22);1H. The number of pyridine rings is 1. The highest BCUT2D eigenvalue weighted by atomic mass is 127. The first kappa shape index (κ1) is 22.0. The number of rotatable bonds is 5. The molecule has 1 fully saturated rings. The monoisotopic (exact) mass is 499 g/mol. The molecule has 1 amide bonds. The van der Waals surface area contributed by atoms with Gasteiger partial charge in [-0.2, -0.15) is 0 Å². The van der Waals surface area contributed by atoms with Crippen molar-refractivity contribution in [3.05, 3.63) is 48.0 Å². The minimum atomic E-state index is -0.0701. The first-order valence-corrected chi connectivity index (χ1v) is 9.08. The molecule has 0 spiro atoms. The van der Waals surface area contributed by atoms with Crippen LogP contribution in [0.25, 0.3) is 0 Å². The number of ether oxygens (including phenoxy) is 1. The van der Waals surface area contributed by atoms with Gasteiger partial charge in [0.05, 0.1) is 12.9 Å². The third-order valence-electron chi connectivity index (χ3n) is 4.38. The minimum Gasteiger partial charge on any atom is -0.478 e. The van der Waals surface area contributed by atoms with E-state index in [4.69, 9.17) is 9.15 Å². The third kappa shape index (κ3) is 5.37. The van der Waals surface area contributed by atoms with E-state index in [9.17, 15) is 4.79 Å². The van der Waals surface area contributed by atoms with Crippen LogP contribution in [0, 0.1) is 0 Å². The molecule has 9 heteroatoms. The molecule has 0 aliphatic carbocycles. The van der Waals surface area contributed by atoms with Gasteiger partial charge >= 0.3 is 0 Å². The van der Waals surface area contributed by atoms with Crippen LogP contribution in [0.2, 0.25) is 0 Å². The Morgan fingerprint density at radius 1 is 1.25 bits per heavy atom. The number of furan rings is 1. The van der Waals surface area contributed by atoms with Crippen LogP contribution in [0.3, 0.4) is 0 Å². The molecule has 1 N–H and O–H groups in total. The first-order valence-electron chi connectivity index (χ1n) is 9.08. The Labute approximate surface area is 182 Å². The van der Waals surface area contributed by atoms with Gasteiger partial charge in [0, 0.05) is 51.5 Å². The molecule has 2 aromatic heterocycles. The average molecular weight is 499 g/mol. The highest BCUT2D eigenvalue weighted by molar-refractivity contribution is 14.0. The molecule has 8 nitrogen and oxygen atoms in total. The van der Waals surface area contributed by atoms with Gasteiger partial charge in [0.2, 0.25) is 5.88 Å². The summed E-state index contributed by atoms with van der Waals surface area (Å²) in [6.45, 7) is 5.74. The number of aromatic nitrogens is 1. The summed E-state index contributed by atoms with van der Waals surface area (Å²) in [5.74, 6) is 1.74. The van der Waals surface area contributed by atoms with Gasteiger partial charge < -0.3 is 24.3 Å². The number of amides is 1. The van der Waals surface area contributed by atoms with Crippen molar-refractivity contribution in [3.63, 3.8) is 0 Å². The molecule has 1 aliphatic heterocycles. The summed E-state index contributed by atoms with van der Waals surface area (Å²) in [5.41, 5.74) is 0.979. The smallest absolute Gasteiger partial charge is 0.289 e. The lowest BCUT2D eigenvalue weighted by Crippen LogP contribution is -2.53. The quantitative estimate of drug-likeness (QED) is 0.386. The van der Waals surface area contributed by atoms with Crippen molar-refractivity contribution in [3.8, 4) is 5.88 Å². The number of guanidine groups is 1. The van der Waals surface area contributed by atoms with Crippen LogP contribution in [0.5, 0.6) is 5.88 Å². The lowest BCUT2D eigenvalue weighted by Gasteiger charge is -2.36. The van der Waals surface area contributed by atoms with Gasteiger partial charge in [0.25, 0.3) is 5.91 Å². The van der Waals surface area contributed by atoms with Crippen molar-refractivity contribution in [2.45, 2.75) is 13.5 Å². The molecule has 1 aliphatic rings. The molecule has 1 saturated heterocycles. The van der Waals surface area contributed by atoms with Gasteiger partial charge in [-0.3, -0.25) is 9.79 Å². The second-order valence-corrected chi connectivity index (χ2v) is 6.06. The number of hydrogen-bond acceptors (Lipinski definition) is 5. The zero-order valence-electron chi connectivity index (χ0n) is 16.1. The number of carbonyl (C=O) groups excluding carboxylic acids is 1.